The molecule has 0 fully saturated rings. The summed E-state index contributed by atoms with van der Waals surface area (Å²) in [6, 6.07) is 9.68. The van der Waals surface area contributed by atoms with Gasteiger partial charge in [-0.2, -0.15) is 0 Å². The van der Waals surface area contributed by atoms with Crippen LogP contribution in [-0.2, 0) is 6.54 Å². The Morgan fingerprint density at radius 3 is 2.68 bits per heavy atom. The van der Waals surface area contributed by atoms with Crippen molar-refractivity contribution in [2.75, 3.05) is 14.2 Å². The number of nitrogens with zero attached hydrogens (tertiary/aromatic N) is 1. The summed E-state index contributed by atoms with van der Waals surface area (Å²) in [5.74, 6) is -0.517. The van der Waals surface area contributed by atoms with Gasteiger partial charge in [-0.05, 0) is 35.9 Å². The second kappa shape index (κ2) is 7.11. The van der Waals surface area contributed by atoms with Crippen molar-refractivity contribution in [3.05, 3.63) is 62.8 Å². The molecule has 0 saturated heterocycles. The molecule has 2 aromatic carbocycles. The summed E-state index contributed by atoms with van der Waals surface area (Å²) in [7, 11) is 3.05. The molecule has 0 bridgehead atoms. The molecule has 6 heteroatoms. The molecule has 0 atom stereocenters. The molecule has 0 aliphatic heterocycles. The number of carbonyl (C=O) groups excluding carboxylic acids is 1. The molecule has 116 valence electrons. The highest BCUT2D eigenvalue weighted by molar-refractivity contribution is 9.10. The van der Waals surface area contributed by atoms with Crippen LogP contribution in [0.25, 0.3) is 0 Å². The van der Waals surface area contributed by atoms with Crippen molar-refractivity contribution in [3.63, 3.8) is 0 Å². The Morgan fingerprint density at radius 2 is 2.05 bits per heavy atom. The number of hydrogen-bond donors (Lipinski definition) is 0. The zero-order valence-electron chi connectivity index (χ0n) is 12.1. The number of carbonyl (C=O) groups is 1. The highest BCUT2D eigenvalue weighted by Crippen LogP contribution is 2.23. The summed E-state index contributed by atoms with van der Waals surface area (Å²) < 4.78 is 19.3. The summed E-state index contributed by atoms with van der Waals surface area (Å²) in [5, 5.41) is 0.376. The van der Waals surface area contributed by atoms with E-state index in [9.17, 15) is 9.18 Å². The minimum Gasteiger partial charge on any atom is -0.494 e. The predicted molar refractivity (Wildman–Crippen MR) is 87.9 cm³/mol. The number of ether oxygens (including phenoxy) is 1. The maximum Gasteiger partial charge on any atom is 0.255 e. The van der Waals surface area contributed by atoms with Crippen molar-refractivity contribution in [2.45, 2.75) is 6.54 Å². The van der Waals surface area contributed by atoms with Crippen molar-refractivity contribution >= 4 is 33.4 Å². The fraction of sp³-hybridized carbons (Fsp3) is 0.188. The molecule has 3 nitrogen and oxygen atoms in total. The Bertz CT molecular complexity index is 709. The fourth-order valence-corrected chi connectivity index (χ4v) is 2.58. The van der Waals surface area contributed by atoms with Crippen LogP contribution in [0, 0.1) is 5.82 Å². The Balaban J connectivity index is 2.18. The van der Waals surface area contributed by atoms with Crippen LogP contribution < -0.4 is 4.74 Å². The summed E-state index contributed by atoms with van der Waals surface area (Å²) in [4.78, 5) is 13.9. The van der Waals surface area contributed by atoms with Crippen LogP contribution in [-0.4, -0.2) is 25.0 Å². The van der Waals surface area contributed by atoms with E-state index < -0.39 is 5.82 Å². The van der Waals surface area contributed by atoms with E-state index in [2.05, 4.69) is 15.9 Å². The third-order valence-electron chi connectivity index (χ3n) is 3.14. The molecule has 0 unspecified atom stereocenters. The molecule has 0 N–H and O–H groups in total. The molecule has 2 aromatic rings. The van der Waals surface area contributed by atoms with Gasteiger partial charge in [-0.1, -0.05) is 33.6 Å². The van der Waals surface area contributed by atoms with E-state index in [-0.39, 0.29) is 18.2 Å². The van der Waals surface area contributed by atoms with E-state index in [0.29, 0.717) is 16.1 Å². The van der Waals surface area contributed by atoms with Crippen LogP contribution in [0.15, 0.2) is 40.9 Å². The van der Waals surface area contributed by atoms with Crippen LogP contribution in [0.1, 0.15) is 15.9 Å². The van der Waals surface area contributed by atoms with Gasteiger partial charge in [0.25, 0.3) is 5.91 Å². The zero-order valence-corrected chi connectivity index (χ0v) is 14.4. The van der Waals surface area contributed by atoms with Gasteiger partial charge in [0.1, 0.15) is 0 Å². The average molecular weight is 387 g/mol. The molecule has 0 aliphatic rings. The number of amides is 1. The standard InChI is InChI=1S/C16H14BrClFNO2/c1-20(9-10-3-6-15(22-2)14(19)7-10)16(21)12-8-11(17)4-5-13(12)18/h3-8H,9H2,1-2H3. The molecule has 0 aliphatic carbocycles. The third kappa shape index (κ3) is 3.78. The SMILES string of the molecule is COc1ccc(CN(C)C(=O)c2cc(Br)ccc2Cl)cc1F. The van der Waals surface area contributed by atoms with E-state index >= 15 is 0 Å². The van der Waals surface area contributed by atoms with Crippen LogP contribution in [0.4, 0.5) is 4.39 Å². The molecule has 0 radical (unpaired) electrons. The van der Waals surface area contributed by atoms with Crippen molar-refractivity contribution in [2.24, 2.45) is 0 Å². The van der Waals surface area contributed by atoms with Gasteiger partial charge in [-0.3, -0.25) is 4.79 Å². The van der Waals surface area contributed by atoms with E-state index in [1.165, 1.54) is 24.1 Å². The van der Waals surface area contributed by atoms with Gasteiger partial charge in [0.05, 0.1) is 17.7 Å². The van der Waals surface area contributed by atoms with Crippen molar-refractivity contribution < 1.29 is 13.9 Å². The number of rotatable bonds is 4. The van der Waals surface area contributed by atoms with Gasteiger partial charge in [0, 0.05) is 18.1 Å². The van der Waals surface area contributed by atoms with Crippen molar-refractivity contribution in [1.29, 1.82) is 0 Å². The highest BCUT2D eigenvalue weighted by atomic mass is 79.9. The Morgan fingerprint density at radius 1 is 1.32 bits per heavy atom. The smallest absolute Gasteiger partial charge is 0.255 e. The molecule has 0 aromatic heterocycles. The lowest BCUT2D eigenvalue weighted by Gasteiger charge is -2.18. The van der Waals surface area contributed by atoms with Crippen LogP contribution >= 0.6 is 27.5 Å². The Kier molecular flexibility index (Phi) is 5.42. The lowest BCUT2D eigenvalue weighted by molar-refractivity contribution is 0.0785. The maximum atomic E-state index is 13.7. The van der Waals surface area contributed by atoms with Crippen molar-refractivity contribution in [3.8, 4) is 5.75 Å². The summed E-state index contributed by atoms with van der Waals surface area (Å²) in [6.07, 6.45) is 0. The van der Waals surface area contributed by atoms with Gasteiger partial charge in [-0.25, -0.2) is 4.39 Å². The van der Waals surface area contributed by atoms with Gasteiger partial charge >= 0.3 is 0 Å². The zero-order chi connectivity index (χ0) is 16.3. The lowest BCUT2D eigenvalue weighted by Crippen LogP contribution is -2.26. The van der Waals surface area contributed by atoms with Gasteiger partial charge in [-0.15, -0.1) is 0 Å². The monoisotopic (exact) mass is 385 g/mol. The first-order valence-corrected chi connectivity index (χ1v) is 7.62. The Hall–Kier alpha value is -1.59. The molecular weight excluding hydrogens is 373 g/mol. The van der Waals surface area contributed by atoms with Crippen LogP contribution in [0.2, 0.25) is 5.02 Å². The first kappa shape index (κ1) is 16.8. The molecule has 1 amide bonds. The molecule has 2 rings (SSSR count). The maximum absolute atomic E-state index is 13.7. The number of benzene rings is 2. The van der Waals surface area contributed by atoms with E-state index in [0.717, 1.165) is 4.47 Å². The van der Waals surface area contributed by atoms with E-state index in [1.54, 1.807) is 31.3 Å². The number of hydrogen-bond acceptors (Lipinski definition) is 2. The summed E-state index contributed by atoms with van der Waals surface area (Å²) >= 11 is 9.37. The van der Waals surface area contributed by atoms with Gasteiger partial charge in [0.15, 0.2) is 11.6 Å². The van der Waals surface area contributed by atoms with Crippen LogP contribution in [0.5, 0.6) is 5.75 Å². The largest absolute Gasteiger partial charge is 0.494 e. The minimum atomic E-state index is -0.457. The molecule has 0 spiro atoms. The lowest BCUT2D eigenvalue weighted by atomic mass is 10.1. The first-order valence-electron chi connectivity index (χ1n) is 6.45. The molecule has 0 saturated carbocycles. The number of methoxy groups -OCH3 is 1. The van der Waals surface area contributed by atoms with E-state index in [1.807, 2.05) is 0 Å². The normalized spacial score (nSPS) is 10.4. The molecule has 22 heavy (non-hydrogen) atoms. The second-order valence-corrected chi connectivity index (χ2v) is 6.08. The Labute approximate surface area is 141 Å². The molecular formula is C16H14BrClFNO2. The predicted octanol–water partition coefficient (Wildman–Crippen LogP) is 4.52. The highest BCUT2D eigenvalue weighted by Gasteiger charge is 2.16. The summed E-state index contributed by atoms with van der Waals surface area (Å²) in [6.45, 7) is 0.266. The number of halogens is 3. The molecule has 0 heterocycles. The second-order valence-electron chi connectivity index (χ2n) is 4.75. The first-order chi connectivity index (χ1) is 10.4. The quantitative estimate of drug-likeness (QED) is 0.773. The average Bonchev–Trinajstić information content (AvgIpc) is 2.49. The minimum absolute atomic E-state index is 0.174. The topological polar surface area (TPSA) is 29.5 Å². The fourth-order valence-electron chi connectivity index (χ4n) is 2.02. The van der Waals surface area contributed by atoms with Gasteiger partial charge in [0.2, 0.25) is 0 Å². The van der Waals surface area contributed by atoms with Crippen LogP contribution in [0.3, 0.4) is 0 Å². The van der Waals surface area contributed by atoms with E-state index in [4.69, 9.17) is 16.3 Å². The van der Waals surface area contributed by atoms with Gasteiger partial charge < -0.3 is 9.64 Å². The third-order valence-corrected chi connectivity index (χ3v) is 3.96. The van der Waals surface area contributed by atoms with Crippen molar-refractivity contribution in [1.82, 2.24) is 4.90 Å². The summed E-state index contributed by atoms with van der Waals surface area (Å²) in [5.41, 5.74) is 1.06.